The number of aromatic amines is 1. The van der Waals surface area contributed by atoms with Gasteiger partial charge in [0.15, 0.2) is 5.16 Å². The maximum absolute atomic E-state index is 11.6. The lowest BCUT2D eigenvalue weighted by Crippen LogP contribution is -2.17. The topological polar surface area (TPSA) is 120 Å². The smallest absolute Gasteiger partial charge is 0.343 e. The van der Waals surface area contributed by atoms with E-state index in [4.69, 9.17) is 11.5 Å². The van der Waals surface area contributed by atoms with E-state index in [0.717, 1.165) is 6.42 Å². The van der Waals surface area contributed by atoms with Gasteiger partial charge in [0.05, 0.1) is 5.56 Å². The monoisotopic (exact) mass is 293 g/mol. The third-order valence-corrected chi connectivity index (χ3v) is 3.71. The van der Waals surface area contributed by atoms with Crippen molar-refractivity contribution < 1.29 is 4.79 Å². The molecule has 106 valence electrons. The molecule has 0 atom stereocenters. The minimum atomic E-state index is -0.570. The highest BCUT2D eigenvalue weighted by Gasteiger charge is 2.14. The number of amides is 1. The van der Waals surface area contributed by atoms with Crippen molar-refractivity contribution >= 4 is 23.4 Å². The number of hydrogen-bond acceptors (Lipinski definition) is 5. The first-order chi connectivity index (χ1) is 9.52. The van der Waals surface area contributed by atoms with Crippen molar-refractivity contribution in [3.05, 3.63) is 34.2 Å². The summed E-state index contributed by atoms with van der Waals surface area (Å²) in [6, 6.07) is 4.87. The van der Waals surface area contributed by atoms with Crippen LogP contribution in [0.3, 0.4) is 0 Å². The summed E-state index contributed by atoms with van der Waals surface area (Å²) in [7, 11) is 0. The van der Waals surface area contributed by atoms with Crippen molar-refractivity contribution in [2.24, 2.45) is 5.73 Å². The van der Waals surface area contributed by atoms with Gasteiger partial charge in [0.1, 0.15) is 0 Å². The van der Waals surface area contributed by atoms with Gasteiger partial charge in [-0.05, 0) is 36.4 Å². The van der Waals surface area contributed by atoms with E-state index in [1.807, 2.05) is 6.92 Å². The molecular weight excluding hydrogens is 278 g/mol. The van der Waals surface area contributed by atoms with Crippen molar-refractivity contribution in [3.8, 4) is 0 Å². The van der Waals surface area contributed by atoms with Crippen LogP contribution in [0.2, 0.25) is 0 Å². The third kappa shape index (κ3) is 2.85. The van der Waals surface area contributed by atoms with E-state index in [9.17, 15) is 9.59 Å². The molecule has 2 aromatic rings. The van der Waals surface area contributed by atoms with Crippen LogP contribution in [-0.2, 0) is 6.54 Å². The van der Waals surface area contributed by atoms with Crippen LogP contribution in [0, 0.1) is 0 Å². The van der Waals surface area contributed by atoms with E-state index >= 15 is 0 Å². The Hall–Kier alpha value is -2.22. The van der Waals surface area contributed by atoms with Crippen LogP contribution >= 0.6 is 11.8 Å². The molecule has 0 aliphatic rings. The molecule has 1 aromatic heterocycles. The Bertz CT molecular complexity index is 691. The van der Waals surface area contributed by atoms with Gasteiger partial charge in [-0.15, -0.1) is 5.10 Å². The van der Waals surface area contributed by atoms with Crippen molar-refractivity contribution in [1.29, 1.82) is 0 Å². The first kappa shape index (κ1) is 14.2. The highest BCUT2D eigenvalue weighted by Crippen LogP contribution is 2.29. The minimum Gasteiger partial charge on any atom is -0.399 e. The van der Waals surface area contributed by atoms with Gasteiger partial charge in [-0.2, -0.15) is 0 Å². The molecule has 7 nitrogen and oxygen atoms in total. The summed E-state index contributed by atoms with van der Waals surface area (Å²) >= 11 is 1.20. The highest BCUT2D eigenvalue weighted by atomic mass is 32.2. The van der Waals surface area contributed by atoms with Crippen LogP contribution < -0.4 is 17.2 Å². The molecule has 0 aliphatic carbocycles. The van der Waals surface area contributed by atoms with Crippen molar-refractivity contribution in [3.63, 3.8) is 0 Å². The zero-order valence-electron chi connectivity index (χ0n) is 10.9. The van der Waals surface area contributed by atoms with Crippen LogP contribution in [0.15, 0.2) is 33.0 Å². The molecule has 0 spiro atoms. The number of nitrogens with one attached hydrogen (secondary N) is 1. The number of nitrogens with zero attached hydrogens (tertiary/aromatic N) is 2. The zero-order chi connectivity index (χ0) is 14.7. The standard InChI is InChI=1S/C12H15N5O2S/c1-2-5-17-11(19)15-16-12(17)20-9-4-3-7(13)6-8(9)10(14)18/h3-4,6H,2,5,13H2,1H3,(H2,14,18)(H,15,19). The molecule has 1 heterocycles. The fourth-order valence-corrected chi connectivity index (χ4v) is 2.71. The lowest BCUT2D eigenvalue weighted by atomic mass is 10.2. The summed E-state index contributed by atoms with van der Waals surface area (Å²) < 4.78 is 1.52. The number of nitrogen functional groups attached to an aromatic ring is 1. The number of carbonyl (C=O) groups is 1. The second kappa shape index (κ2) is 5.83. The molecule has 2 rings (SSSR count). The van der Waals surface area contributed by atoms with Crippen LogP contribution in [0.4, 0.5) is 5.69 Å². The molecular formula is C12H15N5O2S. The van der Waals surface area contributed by atoms with E-state index in [1.54, 1.807) is 12.1 Å². The van der Waals surface area contributed by atoms with E-state index in [2.05, 4.69) is 10.2 Å². The zero-order valence-corrected chi connectivity index (χ0v) is 11.7. The maximum Gasteiger partial charge on any atom is 0.343 e. The lowest BCUT2D eigenvalue weighted by Gasteiger charge is -2.07. The fraction of sp³-hybridized carbons (Fsp3) is 0.250. The Morgan fingerprint density at radius 3 is 2.90 bits per heavy atom. The van der Waals surface area contributed by atoms with Crippen molar-refractivity contribution in [2.75, 3.05) is 5.73 Å². The molecule has 0 bridgehead atoms. The SMILES string of the molecule is CCCn1c(Sc2ccc(N)cc2C(N)=O)n[nH]c1=O. The van der Waals surface area contributed by atoms with Crippen LogP contribution in [0.1, 0.15) is 23.7 Å². The first-order valence-electron chi connectivity index (χ1n) is 6.05. The number of nitrogens with two attached hydrogens (primary N) is 2. The van der Waals surface area contributed by atoms with E-state index in [0.29, 0.717) is 27.8 Å². The number of aromatic nitrogens is 3. The molecule has 0 radical (unpaired) electrons. The number of anilines is 1. The summed E-state index contributed by atoms with van der Waals surface area (Å²) in [5.41, 5.74) is 11.5. The molecule has 8 heteroatoms. The average Bonchev–Trinajstić information content (AvgIpc) is 2.74. The van der Waals surface area contributed by atoms with Gasteiger partial charge in [0.2, 0.25) is 5.91 Å². The quantitative estimate of drug-likeness (QED) is 0.705. The highest BCUT2D eigenvalue weighted by molar-refractivity contribution is 7.99. The van der Waals surface area contributed by atoms with E-state index < -0.39 is 5.91 Å². The predicted octanol–water partition coefficient (Wildman–Crippen LogP) is 0.814. The molecule has 5 N–H and O–H groups in total. The summed E-state index contributed by atoms with van der Waals surface area (Å²) in [6.45, 7) is 2.52. The van der Waals surface area contributed by atoms with Gasteiger partial charge in [-0.25, -0.2) is 9.89 Å². The molecule has 1 aromatic carbocycles. The largest absolute Gasteiger partial charge is 0.399 e. The summed E-state index contributed by atoms with van der Waals surface area (Å²) in [5, 5.41) is 6.85. The number of primary amides is 1. The fourth-order valence-electron chi connectivity index (χ4n) is 1.73. The van der Waals surface area contributed by atoms with Gasteiger partial charge >= 0.3 is 5.69 Å². The van der Waals surface area contributed by atoms with Gasteiger partial charge in [0.25, 0.3) is 0 Å². The predicted molar refractivity (Wildman–Crippen MR) is 76.6 cm³/mol. The Labute approximate surface area is 119 Å². The summed E-state index contributed by atoms with van der Waals surface area (Å²) in [6.07, 6.45) is 0.803. The van der Waals surface area contributed by atoms with Gasteiger partial charge in [-0.3, -0.25) is 9.36 Å². The van der Waals surface area contributed by atoms with Crippen molar-refractivity contribution in [1.82, 2.24) is 14.8 Å². The molecule has 0 saturated carbocycles. The average molecular weight is 293 g/mol. The van der Waals surface area contributed by atoms with E-state index in [-0.39, 0.29) is 5.69 Å². The van der Waals surface area contributed by atoms with Crippen LogP contribution in [0.5, 0.6) is 0 Å². The normalized spacial score (nSPS) is 10.7. The summed E-state index contributed by atoms with van der Waals surface area (Å²) in [4.78, 5) is 23.7. The molecule has 1 amide bonds. The van der Waals surface area contributed by atoms with Gasteiger partial charge < -0.3 is 11.5 Å². The van der Waals surface area contributed by atoms with Crippen LogP contribution in [0.25, 0.3) is 0 Å². The Balaban J connectivity index is 2.40. The van der Waals surface area contributed by atoms with Gasteiger partial charge in [0, 0.05) is 17.1 Å². The Kier molecular flexibility index (Phi) is 4.14. The second-order valence-corrected chi connectivity index (χ2v) is 5.19. The third-order valence-electron chi connectivity index (χ3n) is 2.64. The maximum atomic E-state index is 11.6. The van der Waals surface area contributed by atoms with E-state index in [1.165, 1.54) is 22.4 Å². The molecule has 0 unspecified atom stereocenters. The Morgan fingerprint density at radius 2 is 2.25 bits per heavy atom. The van der Waals surface area contributed by atoms with Crippen LogP contribution in [-0.4, -0.2) is 20.7 Å². The molecule has 0 saturated heterocycles. The Morgan fingerprint density at radius 1 is 1.50 bits per heavy atom. The molecule has 0 fully saturated rings. The summed E-state index contributed by atoms with van der Waals surface area (Å²) in [5.74, 6) is -0.570. The number of rotatable bonds is 5. The van der Waals surface area contributed by atoms with Gasteiger partial charge in [-0.1, -0.05) is 6.92 Å². The number of H-pyrrole nitrogens is 1. The van der Waals surface area contributed by atoms with Crippen molar-refractivity contribution in [2.45, 2.75) is 29.9 Å². The first-order valence-corrected chi connectivity index (χ1v) is 6.87. The lowest BCUT2D eigenvalue weighted by molar-refractivity contribution is 0.0997. The number of benzene rings is 1. The molecule has 20 heavy (non-hydrogen) atoms. The number of carbonyl (C=O) groups excluding carboxylic acids is 1. The minimum absolute atomic E-state index is 0.273. The second-order valence-electron chi connectivity index (χ2n) is 4.18. The number of hydrogen-bond donors (Lipinski definition) is 3. The molecule has 0 aliphatic heterocycles.